The lowest BCUT2D eigenvalue weighted by Gasteiger charge is -2.16. The SMILES string of the molecule is CC(NC(=O)c1ccc(F)cc1Br)c1ccc2ccccc2c1. The molecule has 0 aromatic heterocycles. The minimum Gasteiger partial charge on any atom is -0.345 e. The molecule has 0 aliphatic carbocycles. The third-order valence-electron chi connectivity index (χ3n) is 3.80. The van der Waals surface area contributed by atoms with Crippen molar-refractivity contribution in [2.24, 2.45) is 0 Å². The van der Waals surface area contributed by atoms with Crippen LogP contribution in [0.4, 0.5) is 4.39 Å². The number of amides is 1. The van der Waals surface area contributed by atoms with E-state index in [1.807, 2.05) is 37.3 Å². The molecule has 3 aromatic carbocycles. The van der Waals surface area contributed by atoms with Gasteiger partial charge in [0.25, 0.3) is 5.91 Å². The second-order valence-electron chi connectivity index (χ2n) is 5.43. The lowest BCUT2D eigenvalue weighted by Crippen LogP contribution is -2.27. The van der Waals surface area contributed by atoms with Crippen LogP contribution in [0.15, 0.2) is 65.1 Å². The summed E-state index contributed by atoms with van der Waals surface area (Å²) < 4.78 is 13.6. The summed E-state index contributed by atoms with van der Waals surface area (Å²) in [7, 11) is 0. The first-order valence-corrected chi connectivity index (χ1v) is 8.08. The molecule has 116 valence electrons. The van der Waals surface area contributed by atoms with Crippen molar-refractivity contribution in [3.05, 3.63) is 82.1 Å². The van der Waals surface area contributed by atoms with Gasteiger partial charge in [-0.2, -0.15) is 0 Å². The Balaban J connectivity index is 1.82. The summed E-state index contributed by atoms with van der Waals surface area (Å²) in [4.78, 5) is 12.4. The van der Waals surface area contributed by atoms with E-state index in [0.717, 1.165) is 16.3 Å². The molecule has 0 aliphatic heterocycles. The molecule has 1 N–H and O–H groups in total. The van der Waals surface area contributed by atoms with E-state index in [9.17, 15) is 9.18 Å². The standard InChI is InChI=1S/C19H15BrFNO/c1-12(14-7-6-13-4-2-3-5-15(13)10-14)22-19(23)17-9-8-16(21)11-18(17)20/h2-12H,1H3,(H,22,23). The van der Waals surface area contributed by atoms with E-state index in [1.165, 1.54) is 18.2 Å². The Hall–Kier alpha value is -2.20. The summed E-state index contributed by atoms with van der Waals surface area (Å²) in [5.41, 5.74) is 1.44. The van der Waals surface area contributed by atoms with Gasteiger partial charge in [0.2, 0.25) is 0 Å². The Bertz CT molecular complexity index is 878. The molecule has 0 bridgehead atoms. The van der Waals surface area contributed by atoms with Gasteiger partial charge >= 0.3 is 0 Å². The Morgan fingerprint density at radius 1 is 1.04 bits per heavy atom. The van der Waals surface area contributed by atoms with Gasteiger partial charge in [-0.3, -0.25) is 4.79 Å². The van der Waals surface area contributed by atoms with Crippen molar-refractivity contribution in [2.75, 3.05) is 0 Å². The predicted molar refractivity (Wildman–Crippen MR) is 93.9 cm³/mol. The Morgan fingerprint density at radius 2 is 1.78 bits per heavy atom. The van der Waals surface area contributed by atoms with Gasteiger partial charge in [0.1, 0.15) is 5.82 Å². The minimum absolute atomic E-state index is 0.149. The molecule has 0 fully saturated rings. The van der Waals surface area contributed by atoms with Crippen LogP contribution in [0.25, 0.3) is 10.8 Å². The molecular weight excluding hydrogens is 357 g/mol. The lowest BCUT2D eigenvalue weighted by molar-refractivity contribution is 0.0939. The zero-order valence-corrected chi connectivity index (χ0v) is 14.1. The molecule has 0 aliphatic rings. The first-order valence-electron chi connectivity index (χ1n) is 7.29. The molecule has 3 rings (SSSR count). The fraction of sp³-hybridized carbons (Fsp3) is 0.105. The molecule has 0 spiro atoms. The molecule has 2 nitrogen and oxygen atoms in total. The summed E-state index contributed by atoms with van der Waals surface area (Å²) >= 11 is 3.23. The largest absolute Gasteiger partial charge is 0.345 e. The third-order valence-corrected chi connectivity index (χ3v) is 4.45. The van der Waals surface area contributed by atoms with E-state index in [0.29, 0.717) is 10.0 Å². The lowest BCUT2D eigenvalue weighted by atomic mass is 10.0. The van der Waals surface area contributed by atoms with Gasteiger partial charge in [0.05, 0.1) is 11.6 Å². The molecule has 4 heteroatoms. The fourth-order valence-electron chi connectivity index (χ4n) is 2.51. The molecule has 1 atom stereocenters. The van der Waals surface area contributed by atoms with Crippen molar-refractivity contribution in [1.29, 1.82) is 0 Å². The number of fused-ring (bicyclic) bond motifs is 1. The summed E-state index contributed by atoms with van der Waals surface area (Å²) in [6.07, 6.45) is 0. The maximum Gasteiger partial charge on any atom is 0.252 e. The van der Waals surface area contributed by atoms with Gasteiger partial charge in [-0.05, 0) is 63.5 Å². The molecule has 0 heterocycles. The van der Waals surface area contributed by atoms with Crippen LogP contribution >= 0.6 is 15.9 Å². The van der Waals surface area contributed by atoms with Crippen LogP contribution in [-0.4, -0.2) is 5.91 Å². The number of carbonyl (C=O) groups excluding carboxylic acids is 1. The molecule has 0 saturated carbocycles. The molecule has 0 radical (unpaired) electrons. The minimum atomic E-state index is -0.379. The Labute approximate surface area is 142 Å². The Morgan fingerprint density at radius 3 is 2.52 bits per heavy atom. The summed E-state index contributed by atoms with van der Waals surface area (Å²) in [5.74, 6) is -0.617. The van der Waals surface area contributed by atoms with Crippen molar-refractivity contribution in [2.45, 2.75) is 13.0 Å². The monoisotopic (exact) mass is 371 g/mol. The van der Waals surface area contributed by atoms with Crippen LogP contribution in [0.1, 0.15) is 28.9 Å². The number of hydrogen-bond donors (Lipinski definition) is 1. The van der Waals surface area contributed by atoms with Crippen LogP contribution in [0.3, 0.4) is 0 Å². The van der Waals surface area contributed by atoms with E-state index in [4.69, 9.17) is 0 Å². The van der Waals surface area contributed by atoms with Crippen molar-refractivity contribution in [3.8, 4) is 0 Å². The van der Waals surface area contributed by atoms with Crippen molar-refractivity contribution in [1.82, 2.24) is 5.32 Å². The van der Waals surface area contributed by atoms with Gasteiger partial charge in [0, 0.05) is 4.47 Å². The van der Waals surface area contributed by atoms with E-state index in [2.05, 4.69) is 33.4 Å². The second kappa shape index (κ2) is 6.50. The van der Waals surface area contributed by atoms with Gasteiger partial charge in [-0.15, -0.1) is 0 Å². The average Bonchev–Trinajstić information content (AvgIpc) is 2.54. The van der Waals surface area contributed by atoms with Gasteiger partial charge in [-0.1, -0.05) is 36.4 Å². The number of rotatable bonds is 3. The maximum absolute atomic E-state index is 13.1. The molecule has 1 unspecified atom stereocenters. The summed E-state index contributed by atoms with van der Waals surface area (Å²) in [5, 5.41) is 5.24. The molecule has 23 heavy (non-hydrogen) atoms. The van der Waals surface area contributed by atoms with E-state index in [1.54, 1.807) is 0 Å². The van der Waals surface area contributed by atoms with Gasteiger partial charge in [0.15, 0.2) is 0 Å². The summed E-state index contributed by atoms with van der Waals surface area (Å²) in [6.45, 7) is 1.93. The van der Waals surface area contributed by atoms with Crippen molar-refractivity contribution in [3.63, 3.8) is 0 Å². The highest BCUT2D eigenvalue weighted by atomic mass is 79.9. The van der Waals surface area contributed by atoms with Crippen molar-refractivity contribution < 1.29 is 9.18 Å². The first kappa shape index (κ1) is 15.7. The number of nitrogens with one attached hydrogen (secondary N) is 1. The van der Waals surface area contributed by atoms with Crippen LogP contribution in [0, 0.1) is 5.82 Å². The van der Waals surface area contributed by atoms with Crippen LogP contribution < -0.4 is 5.32 Å². The van der Waals surface area contributed by atoms with Crippen molar-refractivity contribution >= 4 is 32.6 Å². The number of carbonyl (C=O) groups is 1. The van der Waals surface area contributed by atoms with Gasteiger partial charge < -0.3 is 5.32 Å². The quantitative estimate of drug-likeness (QED) is 0.670. The Kier molecular flexibility index (Phi) is 4.44. The van der Waals surface area contributed by atoms with E-state index in [-0.39, 0.29) is 17.8 Å². The van der Waals surface area contributed by atoms with Crippen LogP contribution in [0.2, 0.25) is 0 Å². The number of halogens is 2. The zero-order valence-electron chi connectivity index (χ0n) is 12.5. The normalized spacial score (nSPS) is 12.1. The third kappa shape index (κ3) is 3.42. The molecule has 0 saturated heterocycles. The molecule has 3 aromatic rings. The van der Waals surface area contributed by atoms with Crippen LogP contribution in [0.5, 0.6) is 0 Å². The zero-order chi connectivity index (χ0) is 16.4. The van der Waals surface area contributed by atoms with E-state index >= 15 is 0 Å². The maximum atomic E-state index is 13.1. The topological polar surface area (TPSA) is 29.1 Å². The highest BCUT2D eigenvalue weighted by molar-refractivity contribution is 9.10. The number of hydrogen-bond acceptors (Lipinski definition) is 1. The molecular formula is C19H15BrFNO. The van der Waals surface area contributed by atoms with E-state index < -0.39 is 0 Å². The smallest absolute Gasteiger partial charge is 0.252 e. The molecule has 1 amide bonds. The highest BCUT2D eigenvalue weighted by Crippen LogP contribution is 2.22. The fourth-order valence-corrected chi connectivity index (χ4v) is 3.04. The highest BCUT2D eigenvalue weighted by Gasteiger charge is 2.14. The number of benzene rings is 3. The summed E-state index contributed by atoms with van der Waals surface area (Å²) in [6, 6.07) is 18.1. The van der Waals surface area contributed by atoms with Gasteiger partial charge in [-0.25, -0.2) is 4.39 Å². The predicted octanol–water partition coefficient (Wildman–Crippen LogP) is 5.23. The second-order valence-corrected chi connectivity index (χ2v) is 6.28. The van der Waals surface area contributed by atoms with Crippen LogP contribution in [-0.2, 0) is 0 Å². The first-order chi connectivity index (χ1) is 11.0. The average molecular weight is 372 g/mol.